The van der Waals surface area contributed by atoms with E-state index in [0.717, 1.165) is 16.9 Å². The molecule has 0 spiro atoms. The van der Waals surface area contributed by atoms with Gasteiger partial charge < -0.3 is 20.9 Å². The number of hydrogen-bond donors (Lipinski definition) is 3. The maximum absolute atomic E-state index is 14.7. The Balaban J connectivity index is 1.34. The number of anilines is 3. The van der Waals surface area contributed by atoms with Crippen molar-refractivity contribution in [1.82, 2.24) is 10.6 Å². The zero-order valence-corrected chi connectivity index (χ0v) is 19.3. The van der Waals surface area contributed by atoms with Crippen molar-refractivity contribution in [2.24, 2.45) is 11.8 Å². The molecule has 2 fully saturated rings. The van der Waals surface area contributed by atoms with Gasteiger partial charge in [0.2, 0.25) is 11.8 Å². The number of rotatable bonds is 6. The van der Waals surface area contributed by atoms with Crippen LogP contribution in [-0.2, 0) is 16.1 Å². The van der Waals surface area contributed by atoms with Crippen LogP contribution < -0.4 is 20.9 Å². The summed E-state index contributed by atoms with van der Waals surface area (Å²) in [5.41, 5.74) is 3.27. The molecule has 3 N–H and O–H groups in total. The number of piperidine rings is 1. The van der Waals surface area contributed by atoms with Gasteiger partial charge in [0.1, 0.15) is 5.82 Å². The highest BCUT2D eigenvalue weighted by molar-refractivity contribution is 5.89. The molecule has 0 bridgehead atoms. The van der Waals surface area contributed by atoms with E-state index in [4.69, 9.17) is 0 Å². The molecule has 0 saturated carbocycles. The molecule has 35 heavy (non-hydrogen) atoms. The number of carbonyl (C=O) groups is 2. The summed E-state index contributed by atoms with van der Waals surface area (Å²) >= 11 is 0. The third-order valence-electron chi connectivity index (χ3n) is 6.66. The first-order valence-electron chi connectivity index (χ1n) is 11.6. The van der Waals surface area contributed by atoms with Crippen LogP contribution in [0.5, 0.6) is 0 Å². The van der Waals surface area contributed by atoms with E-state index < -0.39 is 23.8 Å². The molecular formula is C25H28F4N4O2. The zero-order valence-electron chi connectivity index (χ0n) is 19.3. The first-order valence-corrected chi connectivity index (χ1v) is 11.6. The minimum atomic E-state index is -4.14. The number of aryl methyl sites for hydroxylation is 1. The van der Waals surface area contributed by atoms with E-state index in [1.807, 2.05) is 36.1 Å². The van der Waals surface area contributed by atoms with E-state index in [1.165, 1.54) is 6.07 Å². The lowest BCUT2D eigenvalue weighted by molar-refractivity contribution is -0.179. The molecule has 2 aliphatic heterocycles. The minimum Gasteiger partial charge on any atom is -0.372 e. The normalized spacial score (nSPS) is 18.9. The van der Waals surface area contributed by atoms with Crippen LogP contribution >= 0.6 is 0 Å². The molecule has 0 aromatic heterocycles. The number of amides is 2. The third kappa shape index (κ3) is 6.04. The summed E-state index contributed by atoms with van der Waals surface area (Å²) in [7, 11) is 0. The van der Waals surface area contributed by atoms with Crippen LogP contribution in [0.3, 0.4) is 0 Å². The van der Waals surface area contributed by atoms with Gasteiger partial charge in [-0.1, -0.05) is 0 Å². The summed E-state index contributed by atoms with van der Waals surface area (Å²) in [6, 6.07) is 10.3. The predicted octanol–water partition coefficient (Wildman–Crippen LogP) is 4.41. The Morgan fingerprint density at radius 1 is 1.14 bits per heavy atom. The largest absolute Gasteiger partial charge is 0.391 e. The summed E-state index contributed by atoms with van der Waals surface area (Å²) in [5, 5.41) is 8.46. The predicted molar refractivity (Wildman–Crippen MR) is 125 cm³/mol. The maximum atomic E-state index is 14.7. The van der Waals surface area contributed by atoms with Gasteiger partial charge in [-0.05, 0) is 61.7 Å². The summed E-state index contributed by atoms with van der Waals surface area (Å²) < 4.78 is 53.4. The van der Waals surface area contributed by atoms with E-state index >= 15 is 0 Å². The first-order chi connectivity index (χ1) is 16.6. The summed E-state index contributed by atoms with van der Waals surface area (Å²) in [5.74, 6) is -2.60. The number of alkyl halides is 3. The molecule has 2 saturated heterocycles. The van der Waals surface area contributed by atoms with Crippen molar-refractivity contribution in [3.63, 3.8) is 0 Å². The lowest BCUT2D eigenvalue weighted by Crippen LogP contribution is -2.38. The Bertz CT molecular complexity index is 1080. The molecule has 0 radical (unpaired) electrons. The van der Waals surface area contributed by atoms with E-state index in [-0.39, 0.29) is 37.6 Å². The summed E-state index contributed by atoms with van der Waals surface area (Å²) in [6.07, 6.45) is -3.82. The Hall–Kier alpha value is -3.30. The van der Waals surface area contributed by atoms with Crippen LogP contribution in [0.4, 0.5) is 34.6 Å². The smallest absolute Gasteiger partial charge is 0.372 e. The Morgan fingerprint density at radius 3 is 2.43 bits per heavy atom. The van der Waals surface area contributed by atoms with Crippen LogP contribution in [-0.4, -0.2) is 37.6 Å². The van der Waals surface area contributed by atoms with Gasteiger partial charge in [-0.25, -0.2) is 4.39 Å². The van der Waals surface area contributed by atoms with E-state index in [0.29, 0.717) is 30.9 Å². The fraction of sp³-hybridized carbons (Fsp3) is 0.440. The summed E-state index contributed by atoms with van der Waals surface area (Å²) in [4.78, 5) is 25.4. The zero-order chi connectivity index (χ0) is 25.2. The molecule has 2 aliphatic rings. The Labute approximate surface area is 201 Å². The topological polar surface area (TPSA) is 73.5 Å². The molecular weight excluding hydrogens is 464 g/mol. The highest BCUT2D eigenvalue weighted by atomic mass is 19.4. The lowest BCUT2D eigenvalue weighted by Gasteiger charge is -2.34. The molecule has 2 aromatic carbocycles. The second-order valence-corrected chi connectivity index (χ2v) is 9.16. The monoisotopic (exact) mass is 492 g/mol. The molecule has 2 heterocycles. The second kappa shape index (κ2) is 10.1. The molecule has 1 atom stereocenters. The van der Waals surface area contributed by atoms with Gasteiger partial charge in [0.15, 0.2) is 0 Å². The van der Waals surface area contributed by atoms with Gasteiger partial charge in [-0.3, -0.25) is 9.59 Å². The van der Waals surface area contributed by atoms with Gasteiger partial charge in [0.05, 0.1) is 11.8 Å². The van der Waals surface area contributed by atoms with Crippen molar-refractivity contribution in [3.8, 4) is 0 Å². The highest BCUT2D eigenvalue weighted by Gasteiger charge is 2.41. The van der Waals surface area contributed by atoms with Crippen LogP contribution in [0.15, 0.2) is 36.4 Å². The highest BCUT2D eigenvalue weighted by Crippen LogP contribution is 2.35. The van der Waals surface area contributed by atoms with E-state index in [2.05, 4.69) is 16.0 Å². The number of benzene rings is 2. The number of nitrogens with zero attached hydrogens (tertiary/aromatic N) is 1. The van der Waals surface area contributed by atoms with Gasteiger partial charge in [0, 0.05) is 55.2 Å². The molecule has 1 unspecified atom stereocenters. The van der Waals surface area contributed by atoms with E-state index in [1.54, 1.807) is 6.07 Å². The molecule has 10 heteroatoms. The Morgan fingerprint density at radius 2 is 1.83 bits per heavy atom. The van der Waals surface area contributed by atoms with Crippen LogP contribution in [0.1, 0.15) is 30.4 Å². The average molecular weight is 493 g/mol. The van der Waals surface area contributed by atoms with Crippen molar-refractivity contribution in [2.75, 3.05) is 29.9 Å². The molecule has 4 rings (SSSR count). The lowest BCUT2D eigenvalue weighted by atomic mass is 9.96. The second-order valence-electron chi connectivity index (χ2n) is 9.16. The van der Waals surface area contributed by atoms with Gasteiger partial charge in [-0.15, -0.1) is 0 Å². The van der Waals surface area contributed by atoms with Crippen molar-refractivity contribution in [2.45, 2.75) is 38.9 Å². The SMILES string of the molecule is Cc1cc(CNC(=O)C2CNC(=O)C2)c(F)cc1Nc1ccc(N2CCC(C(F)(F)F)CC2)cc1. The van der Waals surface area contributed by atoms with Gasteiger partial charge >= 0.3 is 6.18 Å². The van der Waals surface area contributed by atoms with Gasteiger partial charge in [-0.2, -0.15) is 13.2 Å². The molecule has 188 valence electrons. The fourth-order valence-electron chi connectivity index (χ4n) is 4.50. The van der Waals surface area contributed by atoms with Crippen LogP contribution in [0.2, 0.25) is 0 Å². The van der Waals surface area contributed by atoms with Crippen molar-refractivity contribution in [3.05, 3.63) is 53.3 Å². The molecule has 2 aromatic rings. The fourth-order valence-corrected chi connectivity index (χ4v) is 4.50. The van der Waals surface area contributed by atoms with Crippen molar-refractivity contribution >= 4 is 28.9 Å². The average Bonchev–Trinajstić information content (AvgIpc) is 3.26. The number of nitrogens with one attached hydrogen (secondary N) is 3. The number of carbonyl (C=O) groups excluding carboxylic acids is 2. The molecule has 0 aliphatic carbocycles. The number of halogens is 4. The third-order valence-corrected chi connectivity index (χ3v) is 6.66. The van der Waals surface area contributed by atoms with E-state index in [9.17, 15) is 27.2 Å². The molecule has 6 nitrogen and oxygen atoms in total. The van der Waals surface area contributed by atoms with Crippen molar-refractivity contribution in [1.29, 1.82) is 0 Å². The Kier molecular flexibility index (Phi) is 7.18. The quantitative estimate of drug-likeness (QED) is 0.523. The number of hydrogen-bond acceptors (Lipinski definition) is 4. The van der Waals surface area contributed by atoms with Crippen molar-refractivity contribution < 1.29 is 27.2 Å². The first kappa shape index (κ1) is 24.8. The summed E-state index contributed by atoms with van der Waals surface area (Å²) in [6.45, 7) is 2.85. The van der Waals surface area contributed by atoms with Crippen LogP contribution in [0.25, 0.3) is 0 Å². The van der Waals surface area contributed by atoms with Gasteiger partial charge in [0.25, 0.3) is 0 Å². The molecule has 2 amide bonds. The maximum Gasteiger partial charge on any atom is 0.391 e. The van der Waals surface area contributed by atoms with Crippen LogP contribution in [0, 0.1) is 24.6 Å². The standard InChI is InChI=1S/C25H28F4N4O2/c1-15-10-16(13-31-24(35)17-11-23(34)30-14-17)21(26)12-22(15)32-19-2-4-20(5-3-19)33-8-6-18(7-9-33)25(27,28)29/h2-5,10,12,17-18,32H,6-9,11,13-14H2,1H3,(H,30,34)(H,31,35). The minimum absolute atomic E-state index is 0.0240.